The smallest absolute Gasteiger partial charge is 0.412 e. The average Bonchev–Trinajstić information content (AvgIpc) is 2.37. The molecule has 1 aliphatic rings. The van der Waals surface area contributed by atoms with Crippen LogP contribution in [0.2, 0.25) is 0 Å². The van der Waals surface area contributed by atoms with Gasteiger partial charge in [-0.15, -0.1) is 0 Å². The average molecular weight is 245 g/mol. The van der Waals surface area contributed by atoms with Crippen molar-refractivity contribution in [1.29, 1.82) is 0 Å². The molecule has 0 bridgehead atoms. The standard InChI is InChI=1S/C12H23NO4/c1-8(14)9-7-16-12(5,6)13(9)10(15)17-11(2,3)4/h8-9,14H,7H2,1-6H3. The maximum atomic E-state index is 12.1. The van der Waals surface area contributed by atoms with Gasteiger partial charge in [-0.3, -0.25) is 4.90 Å². The monoisotopic (exact) mass is 245 g/mol. The van der Waals surface area contributed by atoms with Gasteiger partial charge >= 0.3 is 6.09 Å². The summed E-state index contributed by atoms with van der Waals surface area (Å²) in [7, 11) is 0. The minimum Gasteiger partial charge on any atom is -0.444 e. The van der Waals surface area contributed by atoms with Gasteiger partial charge < -0.3 is 14.6 Å². The van der Waals surface area contributed by atoms with Gasteiger partial charge in [-0.25, -0.2) is 4.79 Å². The zero-order chi connectivity index (χ0) is 13.4. The van der Waals surface area contributed by atoms with E-state index in [2.05, 4.69) is 0 Å². The van der Waals surface area contributed by atoms with Crippen LogP contribution < -0.4 is 0 Å². The lowest BCUT2D eigenvalue weighted by Crippen LogP contribution is -2.52. The molecule has 17 heavy (non-hydrogen) atoms. The second-order valence-corrected chi connectivity index (χ2v) is 5.92. The molecule has 5 heteroatoms. The summed E-state index contributed by atoms with van der Waals surface area (Å²) in [5, 5.41) is 9.67. The molecule has 1 aliphatic heterocycles. The lowest BCUT2D eigenvalue weighted by Gasteiger charge is -2.35. The summed E-state index contributed by atoms with van der Waals surface area (Å²) in [5.41, 5.74) is -1.30. The fourth-order valence-corrected chi connectivity index (χ4v) is 1.85. The molecule has 1 rings (SSSR count). The van der Waals surface area contributed by atoms with Crippen LogP contribution >= 0.6 is 0 Å². The summed E-state index contributed by atoms with van der Waals surface area (Å²) >= 11 is 0. The van der Waals surface area contributed by atoms with Crippen LogP contribution in [0.3, 0.4) is 0 Å². The molecule has 1 amide bonds. The highest BCUT2D eigenvalue weighted by Gasteiger charge is 2.47. The fraction of sp³-hybridized carbons (Fsp3) is 0.917. The molecule has 1 N–H and O–H groups in total. The summed E-state index contributed by atoms with van der Waals surface area (Å²) in [6.45, 7) is 11.0. The van der Waals surface area contributed by atoms with Gasteiger partial charge in [0.1, 0.15) is 11.3 Å². The normalized spacial score (nSPS) is 25.8. The lowest BCUT2D eigenvalue weighted by atomic mass is 10.1. The Balaban J connectivity index is 2.87. The van der Waals surface area contributed by atoms with Crippen molar-refractivity contribution in [3.8, 4) is 0 Å². The molecule has 1 fully saturated rings. The quantitative estimate of drug-likeness (QED) is 0.764. The van der Waals surface area contributed by atoms with E-state index in [1.54, 1.807) is 20.8 Å². The van der Waals surface area contributed by atoms with Crippen molar-refractivity contribution in [3.63, 3.8) is 0 Å². The Kier molecular flexibility index (Phi) is 3.74. The number of carbonyl (C=O) groups is 1. The predicted octanol–water partition coefficient (Wildman–Crippen LogP) is 1.74. The molecule has 100 valence electrons. The molecule has 2 unspecified atom stereocenters. The van der Waals surface area contributed by atoms with E-state index < -0.39 is 23.5 Å². The maximum Gasteiger partial charge on any atom is 0.412 e. The first-order valence-corrected chi connectivity index (χ1v) is 5.89. The van der Waals surface area contributed by atoms with Crippen molar-refractivity contribution in [2.45, 2.75) is 65.0 Å². The summed E-state index contributed by atoms with van der Waals surface area (Å²) < 4.78 is 10.9. The molecule has 0 aromatic rings. The van der Waals surface area contributed by atoms with E-state index in [0.717, 1.165) is 0 Å². The van der Waals surface area contributed by atoms with Crippen LogP contribution in [0.15, 0.2) is 0 Å². The Hall–Kier alpha value is -0.810. The van der Waals surface area contributed by atoms with Crippen LogP contribution in [0.5, 0.6) is 0 Å². The predicted molar refractivity (Wildman–Crippen MR) is 63.6 cm³/mol. The highest BCUT2D eigenvalue weighted by Crippen LogP contribution is 2.30. The number of hydrogen-bond acceptors (Lipinski definition) is 4. The second-order valence-electron chi connectivity index (χ2n) is 5.92. The summed E-state index contributed by atoms with van der Waals surface area (Å²) in [6, 6.07) is -0.361. The van der Waals surface area contributed by atoms with Crippen LogP contribution in [0.4, 0.5) is 4.79 Å². The molecule has 0 spiro atoms. The summed E-state index contributed by atoms with van der Waals surface area (Å²) in [4.78, 5) is 13.6. The highest BCUT2D eigenvalue weighted by molar-refractivity contribution is 5.69. The number of nitrogens with zero attached hydrogens (tertiary/aromatic N) is 1. The van der Waals surface area contributed by atoms with E-state index in [4.69, 9.17) is 9.47 Å². The van der Waals surface area contributed by atoms with Gasteiger partial charge in [0.15, 0.2) is 0 Å². The molecule has 1 heterocycles. The minimum absolute atomic E-state index is 0.323. The Morgan fingerprint density at radius 2 is 2.06 bits per heavy atom. The zero-order valence-electron chi connectivity index (χ0n) is 11.5. The molecule has 0 aromatic heterocycles. The number of ether oxygens (including phenoxy) is 2. The van der Waals surface area contributed by atoms with Gasteiger partial charge in [0.05, 0.1) is 18.8 Å². The molecule has 0 aromatic carbocycles. The maximum absolute atomic E-state index is 12.1. The van der Waals surface area contributed by atoms with Gasteiger partial charge in [-0.05, 0) is 41.5 Å². The van der Waals surface area contributed by atoms with E-state index in [1.165, 1.54) is 4.90 Å². The fourth-order valence-electron chi connectivity index (χ4n) is 1.85. The Bertz CT molecular complexity index is 293. The summed E-state index contributed by atoms with van der Waals surface area (Å²) in [6.07, 6.45) is -1.10. The third kappa shape index (κ3) is 3.33. The Labute approximate surface area is 103 Å². The molecular formula is C12H23NO4. The van der Waals surface area contributed by atoms with Crippen LogP contribution in [0, 0.1) is 0 Å². The van der Waals surface area contributed by atoms with Gasteiger partial charge in [-0.1, -0.05) is 0 Å². The van der Waals surface area contributed by atoms with E-state index in [9.17, 15) is 9.90 Å². The van der Waals surface area contributed by atoms with Crippen molar-refractivity contribution in [2.75, 3.05) is 6.61 Å². The van der Waals surface area contributed by atoms with E-state index in [1.807, 2.05) is 20.8 Å². The molecule has 0 radical (unpaired) electrons. The first-order valence-electron chi connectivity index (χ1n) is 5.89. The number of rotatable bonds is 1. The number of hydrogen-bond donors (Lipinski definition) is 1. The van der Waals surface area contributed by atoms with Crippen LogP contribution in [0.25, 0.3) is 0 Å². The van der Waals surface area contributed by atoms with Crippen LogP contribution in [0.1, 0.15) is 41.5 Å². The van der Waals surface area contributed by atoms with E-state index in [-0.39, 0.29) is 6.04 Å². The van der Waals surface area contributed by atoms with Gasteiger partial charge in [-0.2, -0.15) is 0 Å². The first-order chi connectivity index (χ1) is 7.54. The third-order valence-electron chi connectivity index (χ3n) is 2.67. The molecule has 5 nitrogen and oxygen atoms in total. The van der Waals surface area contributed by atoms with Gasteiger partial charge in [0, 0.05) is 0 Å². The number of amides is 1. The molecular weight excluding hydrogens is 222 g/mol. The Morgan fingerprint density at radius 1 is 1.53 bits per heavy atom. The topological polar surface area (TPSA) is 59.0 Å². The van der Waals surface area contributed by atoms with Crippen molar-refractivity contribution in [1.82, 2.24) is 4.90 Å². The highest BCUT2D eigenvalue weighted by atomic mass is 16.6. The third-order valence-corrected chi connectivity index (χ3v) is 2.67. The number of aliphatic hydroxyl groups excluding tert-OH is 1. The Morgan fingerprint density at radius 3 is 2.47 bits per heavy atom. The number of carbonyl (C=O) groups excluding carboxylic acids is 1. The second kappa shape index (κ2) is 4.46. The van der Waals surface area contributed by atoms with Gasteiger partial charge in [0.25, 0.3) is 0 Å². The van der Waals surface area contributed by atoms with Gasteiger partial charge in [0.2, 0.25) is 0 Å². The summed E-state index contributed by atoms with van der Waals surface area (Å²) in [5.74, 6) is 0. The molecule has 2 atom stereocenters. The van der Waals surface area contributed by atoms with Crippen molar-refractivity contribution in [2.24, 2.45) is 0 Å². The number of aliphatic hydroxyl groups is 1. The molecule has 0 aliphatic carbocycles. The first kappa shape index (κ1) is 14.3. The van der Waals surface area contributed by atoms with Crippen molar-refractivity contribution >= 4 is 6.09 Å². The van der Waals surface area contributed by atoms with Crippen LogP contribution in [-0.2, 0) is 9.47 Å². The zero-order valence-corrected chi connectivity index (χ0v) is 11.5. The van der Waals surface area contributed by atoms with E-state index >= 15 is 0 Å². The molecule has 1 saturated heterocycles. The van der Waals surface area contributed by atoms with E-state index in [0.29, 0.717) is 6.61 Å². The van der Waals surface area contributed by atoms with Crippen molar-refractivity contribution in [3.05, 3.63) is 0 Å². The van der Waals surface area contributed by atoms with Crippen LogP contribution in [-0.4, -0.2) is 46.2 Å². The SMILES string of the molecule is CC(O)C1COC(C)(C)N1C(=O)OC(C)(C)C. The minimum atomic E-state index is -0.746. The lowest BCUT2D eigenvalue weighted by molar-refractivity contribution is -0.0670. The molecule has 0 saturated carbocycles. The largest absolute Gasteiger partial charge is 0.444 e. The van der Waals surface area contributed by atoms with Crippen molar-refractivity contribution < 1.29 is 19.4 Å².